The molecule has 0 bridgehead atoms. The second-order valence-electron chi connectivity index (χ2n) is 4.41. The highest BCUT2D eigenvalue weighted by Gasteiger charge is 2.09. The van der Waals surface area contributed by atoms with Gasteiger partial charge in [0.1, 0.15) is 11.6 Å². The fourth-order valence-electron chi connectivity index (χ4n) is 1.86. The van der Waals surface area contributed by atoms with Crippen LogP contribution in [0, 0.1) is 21.7 Å². The highest BCUT2D eigenvalue weighted by Crippen LogP contribution is 2.19. The molecule has 0 spiro atoms. The topological polar surface area (TPSA) is 55.2 Å². The predicted octanol–water partition coefficient (Wildman–Crippen LogP) is 3.93. The largest absolute Gasteiger partial charge is 0.309 e. The zero-order valence-electron chi connectivity index (χ0n) is 10.8. The zero-order chi connectivity index (χ0) is 15.4. The fraction of sp³-hybridized carbons (Fsp3) is 0.143. The molecule has 21 heavy (non-hydrogen) atoms. The molecule has 7 heteroatoms. The smallest absolute Gasteiger partial charge is 0.272 e. The summed E-state index contributed by atoms with van der Waals surface area (Å²) in [4.78, 5) is 10.0. The van der Waals surface area contributed by atoms with Gasteiger partial charge in [-0.3, -0.25) is 10.1 Å². The number of halogens is 3. The van der Waals surface area contributed by atoms with Gasteiger partial charge in [0.2, 0.25) is 0 Å². The molecule has 2 rings (SSSR count). The SMILES string of the molecule is O=[N+]([O-])c1cc(F)cc(CNCc2cc(F)ccc2Br)c1. The second-order valence-corrected chi connectivity index (χ2v) is 5.27. The minimum atomic E-state index is -0.659. The van der Waals surface area contributed by atoms with E-state index in [1.165, 1.54) is 24.3 Å². The molecule has 0 aliphatic rings. The van der Waals surface area contributed by atoms with Gasteiger partial charge in [-0.05, 0) is 35.4 Å². The average Bonchev–Trinajstić information content (AvgIpc) is 2.42. The van der Waals surface area contributed by atoms with Crippen LogP contribution < -0.4 is 5.32 Å². The second kappa shape index (κ2) is 6.73. The van der Waals surface area contributed by atoms with Gasteiger partial charge in [0.25, 0.3) is 5.69 Å². The van der Waals surface area contributed by atoms with E-state index in [1.54, 1.807) is 6.07 Å². The molecule has 4 nitrogen and oxygen atoms in total. The molecule has 0 atom stereocenters. The average molecular weight is 357 g/mol. The number of nitro benzene ring substituents is 1. The minimum absolute atomic E-state index is 0.238. The van der Waals surface area contributed by atoms with Crippen molar-refractivity contribution in [3.8, 4) is 0 Å². The quantitative estimate of drug-likeness (QED) is 0.652. The number of non-ortho nitro benzene ring substituents is 1. The number of nitrogens with one attached hydrogen (secondary N) is 1. The lowest BCUT2D eigenvalue weighted by atomic mass is 10.1. The van der Waals surface area contributed by atoms with Crippen molar-refractivity contribution in [1.82, 2.24) is 5.32 Å². The summed E-state index contributed by atoms with van der Waals surface area (Å²) in [6.45, 7) is 0.588. The van der Waals surface area contributed by atoms with E-state index < -0.39 is 10.7 Å². The van der Waals surface area contributed by atoms with Crippen LogP contribution in [0.4, 0.5) is 14.5 Å². The van der Waals surface area contributed by atoms with Gasteiger partial charge in [-0.2, -0.15) is 0 Å². The number of benzene rings is 2. The van der Waals surface area contributed by atoms with Crippen LogP contribution in [0.2, 0.25) is 0 Å². The van der Waals surface area contributed by atoms with Gasteiger partial charge >= 0.3 is 0 Å². The van der Waals surface area contributed by atoms with Crippen LogP contribution in [0.25, 0.3) is 0 Å². The van der Waals surface area contributed by atoms with E-state index >= 15 is 0 Å². The number of nitrogens with zero attached hydrogens (tertiary/aromatic N) is 1. The number of nitro groups is 1. The highest BCUT2D eigenvalue weighted by atomic mass is 79.9. The molecular formula is C14H11BrF2N2O2. The summed E-state index contributed by atoms with van der Waals surface area (Å²) in [5.74, 6) is -1.01. The Balaban J connectivity index is 2.03. The maximum atomic E-state index is 13.3. The molecule has 0 amide bonds. The van der Waals surface area contributed by atoms with Crippen LogP contribution in [-0.4, -0.2) is 4.92 Å². The summed E-state index contributed by atoms with van der Waals surface area (Å²) in [7, 11) is 0. The van der Waals surface area contributed by atoms with E-state index in [0.717, 1.165) is 10.5 Å². The molecule has 0 aliphatic heterocycles. The van der Waals surface area contributed by atoms with Crippen molar-refractivity contribution in [3.63, 3.8) is 0 Å². The summed E-state index contributed by atoms with van der Waals surface area (Å²) in [5, 5.41) is 13.6. The molecule has 0 radical (unpaired) electrons. The zero-order valence-corrected chi connectivity index (χ0v) is 12.4. The van der Waals surface area contributed by atoms with Crippen molar-refractivity contribution in [2.45, 2.75) is 13.1 Å². The van der Waals surface area contributed by atoms with Gasteiger partial charge in [-0.1, -0.05) is 15.9 Å². The minimum Gasteiger partial charge on any atom is -0.309 e. The van der Waals surface area contributed by atoms with Gasteiger partial charge in [0.15, 0.2) is 0 Å². The van der Waals surface area contributed by atoms with Crippen LogP contribution in [0.3, 0.4) is 0 Å². The van der Waals surface area contributed by atoms with Gasteiger partial charge in [-0.15, -0.1) is 0 Å². The van der Waals surface area contributed by atoms with Crippen molar-refractivity contribution in [2.75, 3.05) is 0 Å². The molecule has 0 fully saturated rings. The van der Waals surface area contributed by atoms with Crippen LogP contribution in [0.5, 0.6) is 0 Å². The molecule has 0 unspecified atom stereocenters. The summed E-state index contributed by atoms with van der Waals surface area (Å²) >= 11 is 3.30. The van der Waals surface area contributed by atoms with Gasteiger partial charge in [-0.25, -0.2) is 8.78 Å². The predicted molar refractivity (Wildman–Crippen MR) is 77.7 cm³/mol. The van der Waals surface area contributed by atoms with E-state index in [0.29, 0.717) is 17.7 Å². The molecule has 110 valence electrons. The van der Waals surface area contributed by atoms with Crippen molar-refractivity contribution in [1.29, 1.82) is 0 Å². The van der Waals surface area contributed by atoms with Gasteiger partial charge in [0, 0.05) is 23.6 Å². The van der Waals surface area contributed by atoms with E-state index in [2.05, 4.69) is 21.2 Å². The third-order valence-corrected chi connectivity index (χ3v) is 3.58. The van der Waals surface area contributed by atoms with Crippen molar-refractivity contribution in [2.24, 2.45) is 0 Å². The first-order valence-corrected chi connectivity index (χ1v) is 6.83. The van der Waals surface area contributed by atoms with Crippen molar-refractivity contribution >= 4 is 21.6 Å². The summed E-state index contributed by atoms with van der Waals surface area (Å²) < 4.78 is 27.1. The molecular weight excluding hydrogens is 346 g/mol. The Labute approximate surface area is 128 Å². The number of hydrogen-bond donors (Lipinski definition) is 1. The lowest BCUT2D eigenvalue weighted by Gasteiger charge is -2.07. The third-order valence-electron chi connectivity index (χ3n) is 2.81. The molecule has 0 saturated carbocycles. The monoisotopic (exact) mass is 356 g/mol. The molecule has 2 aromatic rings. The maximum absolute atomic E-state index is 13.3. The first-order valence-electron chi connectivity index (χ1n) is 6.04. The Kier molecular flexibility index (Phi) is 4.98. The normalized spacial score (nSPS) is 10.6. The first-order chi connectivity index (χ1) is 9.95. The van der Waals surface area contributed by atoms with Crippen molar-refractivity contribution in [3.05, 3.63) is 73.7 Å². The van der Waals surface area contributed by atoms with Gasteiger partial charge < -0.3 is 5.32 Å². The Hall–Kier alpha value is -1.86. The van der Waals surface area contributed by atoms with Gasteiger partial charge in [0.05, 0.1) is 11.0 Å². The molecule has 0 aliphatic carbocycles. The Bertz CT molecular complexity index is 680. The van der Waals surface area contributed by atoms with Crippen LogP contribution in [-0.2, 0) is 13.1 Å². The summed E-state index contributed by atoms with van der Waals surface area (Å²) in [6.07, 6.45) is 0. The number of rotatable bonds is 5. The van der Waals surface area contributed by atoms with E-state index in [4.69, 9.17) is 0 Å². The van der Waals surface area contributed by atoms with E-state index in [-0.39, 0.29) is 18.0 Å². The summed E-state index contributed by atoms with van der Waals surface area (Å²) in [6, 6.07) is 7.71. The molecule has 1 N–H and O–H groups in total. The highest BCUT2D eigenvalue weighted by molar-refractivity contribution is 9.10. The lowest BCUT2D eigenvalue weighted by Crippen LogP contribution is -2.13. The van der Waals surface area contributed by atoms with Crippen LogP contribution in [0.15, 0.2) is 40.9 Å². The van der Waals surface area contributed by atoms with Crippen molar-refractivity contribution < 1.29 is 13.7 Å². The fourth-order valence-corrected chi connectivity index (χ4v) is 2.25. The van der Waals surface area contributed by atoms with E-state index in [1.807, 2.05) is 0 Å². The Morgan fingerprint density at radius 1 is 1.10 bits per heavy atom. The Morgan fingerprint density at radius 3 is 2.57 bits per heavy atom. The third kappa shape index (κ3) is 4.30. The Morgan fingerprint density at radius 2 is 1.86 bits per heavy atom. The molecule has 0 aromatic heterocycles. The number of hydrogen-bond acceptors (Lipinski definition) is 3. The van der Waals surface area contributed by atoms with Crippen LogP contribution in [0.1, 0.15) is 11.1 Å². The molecule has 0 saturated heterocycles. The molecule has 2 aromatic carbocycles. The summed E-state index contributed by atoms with van der Waals surface area (Å²) in [5.41, 5.74) is 0.869. The molecule has 0 heterocycles. The lowest BCUT2D eigenvalue weighted by molar-refractivity contribution is -0.385. The van der Waals surface area contributed by atoms with Crippen LogP contribution >= 0.6 is 15.9 Å². The van der Waals surface area contributed by atoms with E-state index in [9.17, 15) is 18.9 Å². The maximum Gasteiger partial charge on any atom is 0.272 e. The standard InChI is InChI=1S/C14H11BrF2N2O2/c15-14-2-1-11(16)5-10(14)8-18-7-9-3-12(17)6-13(4-9)19(20)21/h1-6,18H,7-8H2. The first kappa shape index (κ1) is 15.5.